The molecule has 0 bridgehead atoms. The van der Waals surface area contributed by atoms with Gasteiger partial charge >= 0.3 is 5.97 Å². The van der Waals surface area contributed by atoms with Crippen LogP contribution in [-0.2, 0) is 6.54 Å². The maximum absolute atomic E-state index is 10.9. The summed E-state index contributed by atoms with van der Waals surface area (Å²) in [7, 11) is 0. The highest BCUT2D eigenvalue weighted by Crippen LogP contribution is 2.28. The molecule has 3 nitrogen and oxygen atoms in total. The average Bonchev–Trinajstić information content (AvgIpc) is 2.90. The predicted octanol–water partition coefficient (Wildman–Crippen LogP) is 3.82. The van der Waals surface area contributed by atoms with Crippen molar-refractivity contribution in [3.8, 4) is 0 Å². The molecule has 0 heterocycles. The van der Waals surface area contributed by atoms with Crippen molar-refractivity contribution >= 4 is 21.9 Å². The number of halogens is 1. The first-order valence-electron chi connectivity index (χ1n) is 6.83. The van der Waals surface area contributed by atoms with E-state index in [1.807, 2.05) is 6.07 Å². The maximum Gasteiger partial charge on any atom is 0.335 e. The topological polar surface area (TPSA) is 49.3 Å². The Kier molecular flexibility index (Phi) is 4.99. The quantitative estimate of drug-likeness (QED) is 0.865. The third-order valence-corrected chi connectivity index (χ3v) is 4.76. The second kappa shape index (κ2) is 6.53. The van der Waals surface area contributed by atoms with Gasteiger partial charge in [-0.2, -0.15) is 0 Å². The Morgan fingerprint density at radius 1 is 1.47 bits per heavy atom. The number of benzene rings is 1. The van der Waals surface area contributed by atoms with Gasteiger partial charge in [-0.3, -0.25) is 0 Å². The number of carboxylic acids is 1. The molecule has 0 spiro atoms. The van der Waals surface area contributed by atoms with Gasteiger partial charge in [0.15, 0.2) is 0 Å². The first-order chi connectivity index (χ1) is 9.08. The van der Waals surface area contributed by atoms with E-state index in [2.05, 4.69) is 28.2 Å². The van der Waals surface area contributed by atoms with Crippen LogP contribution < -0.4 is 5.32 Å². The molecule has 4 heteroatoms. The largest absolute Gasteiger partial charge is 0.478 e. The molecule has 2 N–H and O–H groups in total. The summed E-state index contributed by atoms with van der Waals surface area (Å²) in [4.78, 5) is 10.9. The van der Waals surface area contributed by atoms with Crippen molar-refractivity contribution in [2.24, 2.45) is 5.92 Å². The Hall–Kier alpha value is -0.870. The fraction of sp³-hybridized carbons (Fsp3) is 0.533. The zero-order valence-corrected chi connectivity index (χ0v) is 12.7. The van der Waals surface area contributed by atoms with E-state index in [0.717, 1.165) is 22.5 Å². The lowest BCUT2D eigenvalue weighted by Crippen LogP contribution is -2.31. The third kappa shape index (κ3) is 3.80. The van der Waals surface area contributed by atoms with Crippen LogP contribution in [0.3, 0.4) is 0 Å². The molecule has 1 saturated carbocycles. The molecule has 1 aliphatic carbocycles. The molecular formula is C15H20BrNO2. The van der Waals surface area contributed by atoms with Crippen LogP contribution in [0.25, 0.3) is 0 Å². The zero-order valence-electron chi connectivity index (χ0n) is 11.2. The number of aromatic carboxylic acids is 1. The summed E-state index contributed by atoms with van der Waals surface area (Å²) in [5, 5.41) is 12.5. The summed E-state index contributed by atoms with van der Waals surface area (Å²) in [6.45, 7) is 3.02. The van der Waals surface area contributed by atoms with Crippen molar-refractivity contribution in [1.82, 2.24) is 5.32 Å². The summed E-state index contributed by atoms with van der Waals surface area (Å²) < 4.78 is 0.860. The molecule has 0 aliphatic heterocycles. The first-order valence-corrected chi connectivity index (χ1v) is 7.62. The highest BCUT2D eigenvalue weighted by Gasteiger charge is 2.21. The molecule has 2 rings (SSSR count). The van der Waals surface area contributed by atoms with Crippen molar-refractivity contribution in [2.45, 2.75) is 45.2 Å². The Morgan fingerprint density at radius 2 is 2.16 bits per heavy atom. The van der Waals surface area contributed by atoms with Crippen LogP contribution in [0, 0.1) is 5.92 Å². The van der Waals surface area contributed by atoms with Gasteiger partial charge in [0.05, 0.1) is 5.56 Å². The second-order valence-corrected chi connectivity index (χ2v) is 6.18. The smallest absolute Gasteiger partial charge is 0.335 e. The van der Waals surface area contributed by atoms with E-state index in [1.54, 1.807) is 12.1 Å². The number of nitrogens with one attached hydrogen (secondary N) is 1. The zero-order chi connectivity index (χ0) is 13.8. The van der Waals surface area contributed by atoms with Gasteiger partial charge in [-0.05, 0) is 43.4 Å². The normalized spacial score (nSPS) is 17.6. The Labute approximate surface area is 122 Å². The Balaban J connectivity index is 1.93. The van der Waals surface area contributed by atoms with E-state index < -0.39 is 5.97 Å². The van der Waals surface area contributed by atoms with E-state index in [9.17, 15) is 4.79 Å². The number of hydrogen-bond donors (Lipinski definition) is 2. The van der Waals surface area contributed by atoms with Gasteiger partial charge in [0, 0.05) is 17.1 Å². The van der Waals surface area contributed by atoms with Gasteiger partial charge < -0.3 is 10.4 Å². The van der Waals surface area contributed by atoms with Gasteiger partial charge in [-0.25, -0.2) is 4.79 Å². The number of hydrogen-bond acceptors (Lipinski definition) is 2. The molecule has 1 aliphatic rings. The molecule has 0 radical (unpaired) electrons. The highest BCUT2D eigenvalue weighted by atomic mass is 79.9. The van der Waals surface area contributed by atoms with Crippen molar-refractivity contribution in [3.63, 3.8) is 0 Å². The molecule has 0 aromatic heterocycles. The summed E-state index contributed by atoms with van der Waals surface area (Å²) in [5.74, 6) is -0.100. The summed E-state index contributed by atoms with van der Waals surface area (Å²) in [5.41, 5.74) is 1.43. The lowest BCUT2D eigenvalue weighted by molar-refractivity contribution is 0.0697. The van der Waals surface area contributed by atoms with Crippen LogP contribution in [0.5, 0.6) is 0 Å². The van der Waals surface area contributed by atoms with Crippen molar-refractivity contribution < 1.29 is 9.90 Å². The maximum atomic E-state index is 10.9. The van der Waals surface area contributed by atoms with Crippen LogP contribution in [0.2, 0.25) is 0 Å². The molecule has 1 aromatic carbocycles. The molecule has 1 aromatic rings. The summed E-state index contributed by atoms with van der Waals surface area (Å²) >= 11 is 3.45. The molecule has 0 amide bonds. The average molecular weight is 326 g/mol. The predicted molar refractivity (Wildman–Crippen MR) is 79.4 cm³/mol. The van der Waals surface area contributed by atoms with E-state index in [-0.39, 0.29) is 0 Å². The van der Waals surface area contributed by atoms with Crippen molar-refractivity contribution in [2.75, 3.05) is 0 Å². The Morgan fingerprint density at radius 3 is 2.74 bits per heavy atom. The van der Waals surface area contributed by atoms with Gasteiger partial charge in [0.2, 0.25) is 0 Å². The van der Waals surface area contributed by atoms with E-state index in [4.69, 9.17) is 5.11 Å². The molecule has 104 valence electrons. The minimum Gasteiger partial charge on any atom is -0.478 e. The molecular weight excluding hydrogens is 306 g/mol. The van der Waals surface area contributed by atoms with Crippen molar-refractivity contribution in [1.29, 1.82) is 0 Å². The second-order valence-electron chi connectivity index (χ2n) is 5.33. The first kappa shape index (κ1) is 14.5. The van der Waals surface area contributed by atoms with Gasteiger partial charge in [-0.1, -0.05) is 34.8 Å². The summed E-state index contributed by atoms with van der Waals surface area (Å²) in [6.07, 6.45) is 5.36. The van der Waals surface area contributed by atoms with Gasteiger partial charge in [0.1, 0.15) is 0 Å². The van der Waals surface area contributed by atoms with Crippen LogP contribution in [0.4, 0.5) is 0 Å². The lowest BCUT2D eigenvalue weighted by atomic mass is 9.99. The van der Waals surface area contributed by atoms with Crippen LogP contribution in [0.15, 0.2) is 22.7 Å². The van der Waals surface area contributed by atoms with Gasteiger partial charge in [0.25, 0.3) is 0 Å². The monoisotopic (exact) mass is 325 g/mol. The van der Waals surface area contributed by atoms with Crippen molar-refractivity contribution in [3.05, 3.63) is 33.8 Å². The van der Waals surface area contributed by atoms with Crippen LogP contribution >= 0.6 is 15.9 Å². The minimum atomic E-state index is -0.889. The molecule has 19 heavy (non-hydrogen) atoms. The minimum absolute atomic E-state index is 0.319. The molecule has 1 atom stereocenters. The molecule has 1 unspecified atom stereocenters. The van der Waals surface area contributed by atoms with E-state index in [0.29, 0.717) is 11.6 Å². The van der Waals surface area contributed by atoms with Crippen LogP contribution in [0.1, 0.15) is 48.5 Å². The van der Waals surface area contributed by atoms with Gasteiger partial charge in [-0.15, -0.1) is 0 Å². The number of rotatable bonds is 5. The lowest BCUT2D eigenvalue weighted by Gasteiger charge is -2.20. The summed E-state index contributed by atoms with van der Waals surface area (Å²) in [6, 6.07) is 5.72. The number of carboxylic acid groups (broad SMARTS) is 1. The SMILES string of the molecule is CC(NCc1ccc(C(=O)O)cc1Br)C1CCCC1. The third-order valence-electron chi connectivity index (χ3n) is 4.02. The fourth-order valence-corrected chi connectivity index (χ4v) is 3.24. The fourth-order valence-electron chi connectivity index (χ4n) is 2.72. The van der Waals surface area contributed by atoms with E-state index in [1.165, 1.54) is 25.7 Å². The van der Waals surface area contributed by atoms with E-state index >= 15 is 0 Å². The Bertz CT molecular complexity index is 455. The molecule has 0 saturated heterocycles. The standard InChI is InChI=1S/C15H20BrNO2/c1-10(11-4-2-3-5-11)17-9-13-7-6-12(15(18)19)8-14(13)16/h6-8,10-11,17H,2-5,9H2,1H3,(H,18,19). The number of carbonyl (C=O) groups is 1. The highest BCUT2D eigenvalue weighted by molar-refractivity contribution is 9.10. The molecule has 1 fully saturated rings. The van der Waals surface area contributed by atoms with Crippen LogP contribution in [-0.4, -0.2) is 17.1 Å².